The van der Waals surface area contributed by atoms with Crippen molar-refractivity contribution in [3.05, 3.63) is 0 Å². The van der Waals surface area contributed by atoms with Crippen LogP contribution in [0, 0.1) is 0 Å². The van der Waals surface area contributed by atoms with E-state index in [9.17, 15) is 0 Å². The highest BCUT2D eigenvalue weighted by molar-refractivity contribution is 5.87. The van der Waals surface area contributed by atoms with Gasteiger partial charge in [-0.2, -0.15) is 0 Å². The molecule has 6 N–H and O–H groups in total. The lowest BCUT2D eigenvalue weighted by Gasteiger charge is -2.24. The molecule has 0 fully saturated rings. The largest absolute Gasteiger partial charge is 0.479 e. The van der Waals surface area contributed by atoms with Crippen molar-refractivity contribution in [1.82, 2.24) is 0 Å². The van der Waals surface area contributed by atoms with Crippen LogP contribution in [0.5, 0.6) is 0 Å². The summed E-state index contributed by atoms with van der Waals surface area (Å²) in [5.74, 6) is 0. The summed E-state index contributed by atoms with van der Waals surface area (Å²) in [7, 11) is 0. The smallest absolute Gasteiger partial charge is 0.310 e. The molecule has 1 aliphatic heterocycles. The molecule has 0 spiro atoms. The highest BCUT2D eigenvalue weighted by Gasteiger charge is 2.30. The Morgan fingerprint density at radius 1 is 1.70 bits per heavy atom. The molecule has 10 heavy (non-hydrogen) atoms. The number of hydrogen-bond donors (Lipinski definition) is 4. The number of hydrogen-bond acceptors (Lipinski definition) is 5. The molecule has 2 atom stereocenters. The summed E-state index contributed by atoms with van der Waals surface area (Å²) in [6, 6.07) is -0.470. The Morgan fingerprint density at radius 3 is 2.70 bits per heavy atom. The molecule has 0 aromatic rings. The van der Waals surface area contributed by atoms with Crippen molar-refractivity contribution in [3.63, 3.8) is 0 Å². The van der Waals surface area contributed by atoms with Gasteiger partial charge in [-0.1, -0.05) is 0 Å². The molecule has 0 saturated heterocycles. The van der Waals surface area contributed by atoms with Crippen molar-refractivity contribution < 1.29 is 10.2 Å². The van der Waals surface area contributed by atoms with Crippen molar-refractivity contribution in [2.45, 2.75) is 11.9 Å². The molecule has 0 saturated carbocycles. The molecule has 0 radical (unpaired) electrons. The Balaban J connectivity index is 2.84. The van der Waals surface area contributed by atoms with Gasteiger partial charge in [0, 0.05) is 0 Å². The first-order valence-electron chi connectivity index (χ1n) is 2.61. The molecule has 56 valence electrons. The third-order valence-corrected chi connectivity index (χ3v) is 1.12. The molecular weight excluding hydrogens is 136 g/mol. The minimum atomic E-state index is -1.74. The molecular formula is C4H8N4O2. The van der Waals surface area contributed by atoms with Crippen LogP contribution in [-0.2, 0) is 0 Å². The topological polar surface area (TPSA) is 117 Å². The zero-order chi connectivity index (χ0) is 7.78. The maximum Gasteiger partial charge on any atom is 0.310 e. The van der Waals surface area contributed by atoms with Crippen LogP contribution in [0.1, 0.15) is 0 Å². The Bertz CT molecular complexity index is 197. The van der Waals surface area contributed by atoms with E-state index in [-0.39, 0.29) is 0 Å². The predicted octanol–water partition coefficient (Wildman–Crippen LogP) is -2.08. The zero-order valence-electron chi connectivity index (χ0n) is 5.10. The zero-order valence-corrected chi connectivity index (χ0v) is 5.10. The molecule has 1 rings (SSSR count). The van der Waals surface area contributed by atoms with Gasteiger partial charge in [0.15, 0.2) is 11.9 Å². The van der Waals surface area contributed by atoms with Crippen molar-refractivity contribution in [1.29, 1.82) is 0 Å². The van der Waals surface area contributed by atoms with Gasteiger partial charge in [0.05, 0.1) is 6.21 Å². The predicted molar refractivity (Wildman–Crippen MR) is 35.7 cm³/mol. The van der Waals surface area contributed by atoms with Gasteiger partial charge in [-0.3, -0.25) is 5.73 Å². The number of nitrogens with two attached hydrogens (primary N) is 2. The number of amidine groups is 1. The normalized spacial score (nSPS) is 39.5. The highest BCUT2D eigenvalue weighted by atomic mass is 16.3. The van der Waals surface area contributed by atoms with E-state index in [1.54, 1.807) is 0 Å². The second kappa shape index (κ2) is 2.01. The van der Waals surface area contributed by atoms with Crippen LogP contribution in [0.4, 0.5) is 0 Å². The van der Waals surface area contributed by atoms with Crippen molar-refractivity contribution in [3.8, 4) is 0 Å². The Labute approximate surface area is 56.9 Å². The van der Waals surface area contributed by atoms with E-state index in [0.717, 1.165) is 6.21 Å². The summed E-state index contributed by atoms with van der Waals surface area (Å²) < 4.78 is 0. The molecule has 0 bridgehead atoms. The van der Waals surface area contributed by atoms with Crippen LogP contribution in [0.2, 0.25) is 0 Å². The fraction of sp³-hybridized carbons (Fsp3) is 0.500. The van der Waals surface area contributed by atoms with Gasteiger partial charge < -0.3 is 15.9 Å². The van der Waals surface area contributed by atoms with E-state index in [1.807, 2.05) is 0 Å². The van der Waals surface area contributed by atoms with Crippen LogP contribution in [0.15, 0.2) is 9.98 Å². The van der Waals surface area contributed by atoms with E-state index in [2.05, 4.69) is 9.98 Å². The van der Waals surface area contributed by atoms with E-state index in [1.165, 1.54) is 0 Å². The van der Waals surface area contributed by atoms with Crippen LogP contribution < -0.4 is 11.5 Å². The van der Waals surface area contributed by atoms with Crippen molar-refractivity contribution in [2.75, 3.05) is 0 Å². The van der Waals surface area contributed by atoms with Gasteiger partial charge >= 0.3 is 6.02 Å². The average molecular weight is 144 g/mol. The summed E-state index contributed by atoms with van der Waals surface area (Å²) >= 11 is 0. The molecule has 6 heteroatoms. The second-order valence-corrected chi connectivity index (χ2v) is 2.02. The summed E-state index contributed by atoms with van der Waals surface area (Å²) in [6.07, 6.45) is -0.106. The summed E-state index contributed by atoms with van der Waals surface area (Å²) in [5, 5.41) is 17.7. The second-order valence-electron chi connectivity index (χ2n) is 2.02. The number of nitrogens with zero attached hydrogens (tertiary/aromatic N) is 2. The maximum absolute atomic E-state index is 9.05. The number of aliphatic hydroxyl groups excluding tert-OH is 1. The first kappa shape index (κ1) is 7.13. The number of aliphatic hydroxyl groups is 2. The van der Waals surface area contributed by atoms with E-state index >= 15 is 0 Å². The molecule has 0 aromatic carbocycles. The lowest BCUT2D eigenvalue weighted by molar-refractivity contribution is 0.0950. The molecule has 0 amide bonds. The monoisotopic (exact) mass is 144 g/mol. The Morgan fingerprint density at radius 2 is 2.30 bits per heavy atom. The van der Waals surface area contributed by atoms with Gasteiger partial charge in [0.1, 0.15) is 0 Å². The third kappa shape index (κ3) is 1.13. The first-order valence-corrected chi connectivity index (χ1v) is 2.61. The molecule has 1 aliphatic rings. The van der Waals surface area contributed by atoms with Gasteiger partial charge in [-0.05, 0) is 0 Å². The molecule has 0 aromatic heterocycles. The van der Waals surface area contributed by atoms with Gasteiger partial charge in [0.2, 0.25) is 0 Å². The lowest BCUT2D eigenvalue weighted by atomic mass is 10.2. The molecule has 2 unspecified atom stereocenters. The fourth-order valence-electron chi connectivity index (χ4n) is 0.499. The highest BCUT2D eigenvalue weighted by Crippen LogP contribution is 2.03. The third-order valence-electron chi connectivity index (χ3n) is 1.12. The van der Waals surface area contributed by atoms with E-state index in [0.29, 0.717) is 0 Å². The summed E-state index contributed by atoms with van der Waals surface area (Å²) in [4.78, 5) is 6.57. The van der Waals surface area contributed by atoms with Crippen LogP contribution >= 0.6 is 0 Å². The Kier molecular flexibility index (Phi) is 1.43. The summed E-state index contributed by atoms with van der Waals surface area (Å²) in [6.45, 7) is 0. The van der Waals surface area contributed by atoms with Gasteiger partial charge in [-0.15, -0.1) is 0 Å². The van der Waals surface area contributed by atoms with Crippen LogP contribution in [-0.4, -0.2) is 34.3 Å². The van der Waals surface area contributed by atoms with E-state index < -0.39 is 17.9 Å². The average Bonchev–Trinajstić information content (AvgIpc) is 1.81. The number of aliphatic imine (C=N–C) groups is 2. The quantitative estimate of drug-likeness (QED) is 0.292. The van der Waals surface area contributed by atoms with Crippen molar-refractivity contribution in [2.24, 2.45) is 21.5 Å². The van der Waals surface area contributed by atoms with Crippen LogP contribution in [0.3, 0.4) is 0 Å². The fourth-order valence-corrected chi connectivity index (χ4v) is 0.499. The van der Waals surface area contributed by atoms with E-state index in [4.69, 9.17) is 21.7 Å². The lowest BCUT2D eigenvalue weighted by Crippen LogP contribution is -2.57. The minimum absolute atomic E-state index is 0.470. The van der Waals surface area contributed by atoms with Gasteiger partial charge in [0.25, 0.3) is 0 Å². The Hall–Kier alpha value is -0.980. The SMILES string of the molecule is NC1N=C(O)N=CC1(N)O. The standard InChI is InChI=1S/C4H8N4O2/c5-2-4(6,10)1-7-3(9)8-2/h1-2,10H,5-6H2,(H,8,9). The maximum atomic E-state index is 9.05. The molecule has 0 aliphatic carbocycles. The number of rotatable bonds is 0. The first-order chi connectivity index (χ1) is 4.52. The molecule has 6 nitrogen and oxygen atoms in total. The van der Waals surface area contributed by atoms with Gasteiger partial charge in [-0.25, -0.2) is 9.98 Å². The van der Waals surface area contributed by atoms with Crippen molar-refractivity contribution >= 4 is 12.2 Å². The molecule has 1 heterocycles. The van der Waals surface area contributed by atoms with Crippen LogP contribution in [0.25, 0.3) is 0 Å². The minimum Gasteiger partial charge on any atom is -0.479 e. The summed E-state index contributed by atoms with van der Waals surface area (Å²) in [5.41, 5.74) is 8.59.